The molecule has 2 heterocycles. The number of aromatic carboxylic acids is 1. The summed E-state index contributed by atoms with van der Waals surface area (Å²) in [5.41, 5.74) is 2.41. The van der Waals surface area contributed by atoms with Crippen molar-refractivity contribution >= 4 is 5.97 Å². The smallest absolute Gasteiger partial charge is 0.545 e. The molecular formula is C14H13LiN2O2. The van der Waals surface area contributed by atoms with Gasteiger partial charge >= 0.3 is 18.9 Å². The van der Waals surface area contributed by atoms with E-state index in [4.69, 9.17) is 0 Å². The fourth-order valence-corrected chi connectivity index (χ4v) is 2.42. The standard InChI is InChI=1S/C14H14N2O2.Li/c17-14(18)11-6-4-10(5-7-11)13-15-9-12-3-1-2-8-16(12)13;/h4-7,9H,1-3,8H2,(H,17,18);/q;+1/p-1. The number of carbonyl (C=O) groups is 1. The average Bonchev–Trinajstić information content (AvgIpc) is 2.82. The summed E-state index contributed by atoms with van der Waals surface area (Å²) in [6, 6.07) is 6.70. The van der Waals surface area contributed by atoms with Gasteiger partial charge in [0.15, 0.2) is 0 Å². The minimum atomic E-state index is -1.15. The van der Waals surface area contributed by atoms with E-state index >= 15 is 0 Å². The van der Waals surface area contributed by atoms with Gasteiger partial charge in [-0.2, -0.15) is 0 Å². The molecule has 3 rings (SSSR count). The molecule has 92 valence electrons. The van der Waals surface area contributed by atoms with Crippen molar-refractivity contribution < 1.29 is 28.8 Å². The Morgan fingerprint density at radius 2 is 1.95 bits per heavy atom. The molecule has 0 atom stereocenters. The van der Waals surface area contributed by atoms with E-state index in [1.165, 1.54) is 18.5 Å². The van der Waals surface area contributed by atoms with E-state index in [2.05, 4.69) is 9.55 Å². The number of benzene rings is 1. The summed E-state index contributed by atoms with van der Waals surface area (Å²) in [5, 5.41) is 10.7. The molecule has 0 bridgehead atoms. The maximum atomic E-state index is 10.7. The Balaban J connectivity index is 0.00000133. The zero-order chi connectivity index (χ0) is 12.5. The van der Waals surface area contributed by atoms with Gasteiger partial charge in [0.2, 0.25) is 0 Å². The number of hydrogen-bond acceptors (Lipinski definition) is 3. The van der Waals surface area contributed by atoms with Crippen LogP contribution in [0.3, 0.4) is 0 Å². The van der Waals surface area contributed by atoms with Crippen LogP contribution in [0.4, 0.5) is 0 Å². The molecule has 0 saturated carbocycles. The second-order valence-electron chi connectivity index (χ2n) is 4.55. The van der Waals surface area contributed by atoms with Crippen LogP contribution in [0.5, 0.6) is 0 Å². The number of aromatic nitrogens is 2. The Morgan fingerprint density at radius 1 is 1.21 bits per heavy atom. The molecule has 0 unspecified atom stereocenters. The monoisotopic (exact) mass is 248 g/mol. The van der Waals surface area contributed by atoms with Gasteiger partial charge in [-0.3, -0.25) is 0 Å². The normalized spacial score (nSPS) is 13.5. The summed E-state index contributed by atoms with van der Waals surface area (Å²) in [7, 11) is 0. The van der Waals surface area contributed by atoms with Crippen LogP contribution in [0.2, 0.25) is 0 Å². The van der Waals surface area contributed by atoms with Gasteiger partial charge < -0.3 is 14.5 Å². The third kappa shape index (κ3) is 2.60. The Hall–Kier alpha value is -1.50. The maximum absolute atomic E-state index is 10.7. The molecule has 1 aromatic carbocycles. The van der Waals surface area contributed by atoms with E-state index < -0.39 is 5.97 Å². The summed E-state index contributed by atoms with van der Waals surface area (Å²) in [5.74, 6) is -0.221. The van der Waals surface area contributed by atoms with Crippen molar-refractivity contribution in [1.29, 1.82) is 0 Å². The van der Waals surface area contributed by atoms with Crippen LogP contribution in [-0.4, -0.2) is 15.5 Å². The first-order chi connectivity index (χ1) is 8.75. The number of carbonyl (C=O) groups excluding carboxylic acids is 1. The number of carboxylic acids is 1. The largest absolute Gasteiger partial charge is 1.00 e. The topological polar surface area (TPSA) is 57.9 Å². The molecule has 4 nitrogen and oxygen atoms in total. The van der Waals surface area contributed by atoms with Crippen LogP contribution in [-0.2, 0) is 13.0 Å². The van der Waals surface area contributed by atoms with Gasteiger partial charge in [-0.25, -0.2) is 4.98 Å². The number of aryl methyl sites for hydroxylation is 1. The minimum absolute atomic E-state index is 0. The zero-order valence-corrected chi connectivity index (χ0v) is 10.9. The van der Waals surface area contributed by atoms with Crippen LogP contribution < -0.4 is 24.0 Å². The van der Waals surface area contributed by atoms with Gasteiger partial charge in [-0.1, -0.05) is 24.3 Å². The predicted molar refractivity (Wildman–Crippen MR) is 64.9 cm³/mol. The Bertz CT molecular complexity index is 590. The summed E-state index contributed by atoms with van der Waals surface area (Å²) in [6.45, 7) is 0.993. The van der Waals surface area contributed by atoms with Gasteiger partial charge in [-0.05, 0) is 24.8 Å². The first-order valence-corrected chi connectivity index (χ1v) is 6.12. The molecule has 0 saturated heterocycles. The molecular weight excluding hydrogens is 235 g/mol. The quantitative estimate of drug-likeness (QED) is 0.592. The molecule has 5 heteroatoms. The number of carboxylic acid groups (broad SMARTS) is 1. The molecule has 0 spiro atoms. The number of hydrogen-bond donors (Lipinski definition) is 0. The van der Waals surface area contributed by atoms with E-state index in [1.807, 2.05) is 6.20 Å². The van der Waals surface area contributed by atoms with E-state index in [-0.39, 0.29) is 24.4 Å². The van der Waals surface area contributed by atoms with Crippen LogP contribution in [0, 0.1) is 0 Å². The van der Waals surface area contributed by atoms with Crippen LogP contribution in [0.25, 0.3) is 11.4 Å². The van der Waals surface area contributed by atoms with E-state index in [0.717, 1.165) is 24.4 Å². The SMILES string of the molecule is O=C([O-])c1ccc(-c2ncc3n2CCCC3)cc1.[Li+]. The van der Waals surface area contributed by atoms with E-state index in [9.17, 15) is 9.90 Å². The molecule has 19 heavy (non-hydrogen) atoms. The molecule has 1 aliphatic heterocycles. The fourth-order valence-electron chi connectivity index (χ4n) is 2.42. The third-order valence-electron chi connectivity index (χ3n) is 3.38. The summed E-state index contributed by atoms with van der Waals surface area (Å²) >= 11 is 0. The fraction of sp³-hybridized carbons (Fsp3) is 0.286. The van der Waals surface area contributed by atoms with Gasteiger partial charge in [0.05, 0.1) is 5.97 Å². The predicted octanol–water partition coefficient (Wildman–Crippen LogP) is -1.75. The van der Waals surface area contributed by atoms with E-state index in [1.54, 1.807) is 24.3 Å². The molecule has 0 radical (unpaired) electrons. The van der Waals surface area contributed by atoms with Crippen LogP contribution in [0.1, 0.15) is 28.9 Å². The zero-order valence-electron chi connectivity index (χ0n) is 10.9. The number of fused-ring (bicyclic) bond motifs is 1. The van der Waals surface area contributed by atoms with Crippen molar-refractivity contribution in [3.8, 4) is 11.4 Å². The average molecular weight is 248 g/mol. The van der Waals surface area contributed by atoms with Crippen molar-refractivity contribution in [1.82, 2.24) is 9.55 Å². The van der Waals surface area contributed by atoms with E-state index in [0.29, 0.717) is 0 Å². The Kier molecular flexibility index (Phi) is 4.13. The first kappa shape index (κ1) is 13.9. The summed E-state index contributed by atoms with van der Waals surface area (Å²) in [4.78, 5) is 15.1. The summed E-state index contributed by atoms with van der Waals surface area (Å²) in [6.07, 6.45) is 5.38. The second-order valence-corrected chi connectivity index (χ2v) is 4.55. The van der Waals surface area contributed by atoms with Crippen LogP contribution in [0.15, 0.2) is 30.5 Å². The number of nitrogens with zero attached hydrogens (tertiary/aromatic N) is 2. The van der Waals surface area contributed by atoms with Gasteiger partial charge in [-0.15, -0.1) is 0 Å². The van der Waals surface area contributed by atoms with Crippen molar-refractivity contribution in [3.63, 3.8) is 0 Å². The molecule has 0 N–H and O–H groups in total. The Labute approximate surface area is 123 Å². The molecule has 1 aliphatic rings. The van der Waals surface area contributed by atoms with Crippen molar-refractivity contribution in [2.75, 3.05) is 0 Å². The maximum Gasteiger partial charge on any atom is 1.00 e. The first-order valence-electron chi connectivity index (χ1n) is 6.12. The molecule has 1 aromatic heterocycles. The molecule has 0 fully saturated rings. The molecule has 2 aromatic rings. The van der Waals surface area contributed by atoms with Crippen molar-refractivity contribution in [3.05, 3.63) is 41.7 Å². The molecule has 0 amide bonds. The number of rotatable bonds is 2. The Morgan fingerprint density at radius 3 is 2.63 bits per heavy atom. The summed E-state index contributed by atoms with van der Waals surface area (Å²) < 4.78 is 2.22. The minimum Gasteiger partial charge on any atom is -0.545 e. The number of imidazole rings is 1. The molecule has 0 aliphatic carbocycles. The second kappa shape index (κ2) is 5.64. The van der Waals surface area contributed by atoms with Gasteiger partial charge in [0.1, 0.15) is 5.82 Å². The van der Waals surface area contributed by atoms with Gasteiger partial charge in [0, 0.05) is 24.0 Å². The van der Waals surface area contributed by atoms with Crippen molar-refractivity contribution in [2.45, 2.75) is 25.8 Å². The third-order valence-corrected chi connectivity index (χ3v) is 3.38. The van der Waals surface area contributed by atoms with Crippen molar-refractivity contribution in [2.24, 2.45) is 0 Å². The van der Waals surface area contributed by atoms with Gasteiger partial charge in [0.25, 0.3) is 0 Å². The van der Waals surface area contributed by atoms with Crippen LogP contribution >= 0.6 is 0 Å².